The number of aromatic nitrogens is 3. The molecule has 1 unspecified atom stereocenters. The maximum absolute atomic E-state index is 5.75. The molecule has 2 N–H and O–H groups in total. The molecule has 0 aliphatic carbocycles. The van der Waals surface area contributed by atoms with Crippen molar-refractivity contribution in [3.05, 3.63) is 58.2 Å². The summed E-state index contributed by atoms with van der Waals surface area (Å²) in [6, 6.07) is 8.39. The Morgan fingerprint density at radius 3 is 2.71 bits per heavy atom. The largest absolute Gasteiger partial charge is 0.468 e. The van der Waals surface area contributed by atoms with Gasteiger partial charge in [-0.05, 0) is 56.4 Å². The molecule has 4 heterocycles. The van der Waals surface area contributed by atoms with E-state index >= 15 is 0 Å². The number of aryl methyl sites for hydroxylation is 1. The molecule has 0 radical (unpaired) electrons. The van der Waals surface area contributed by atoms with Crippen molar-refractivity contribution in [2.75, 3.05) is 19.6 Å². The zero-order valence-electron chi connectivity index (χ0n) is 18.0. The van der Waals surface area contributed by atoms with Gasteiger partial charge >= 0.3 is 0 Å². The van der Waals surface area contributed by atoms with Gasteiger partial charge < -0.3 is 19.6 Å². The molecule has 0 saturated carbocycles. The Balaban J connectivity index is 0.00000272. The number of hydrogen-bond acceptors (Lipinski definition) is 6. The van der Waals surface area contributed by atoms with Gasteiger partial charge in [0.1, 0.15) is 18.1 Å². The van der Waals surface area contributed by atoms with E-state index in [-0.39, 0.29) is 30.0 Å². The minimum atomic E-state index is 0. The van der Waals surface area contributed by atoms with Crippen LogP contribution in [0.3, 0.4) is 0 Å². The van der Waals surface area contributed by atoms with Crippen LogP contribution in [0.4, 0.5) is 0 Å². The lowest BCUT2D eigenvalue weighted by molar-refractivity contribution is 0.215. The van der Waals surface area contributed by atoms with Gasteiger partial charge in [-0.1, -0.05) is 6.07 Å². The van der Waals surface area contributed by atoms with Gasteiger partial charge in [0.2, 0.25) is 0 Å². The van der Waals surface area contributed by atoms with E-state index in [0.717, 1.165) is 49.5 Å². The number of likely N-dealkylation sites (tertiary alicyclic amines) is 1. The standard InChI is InChI=1S/C21H29N7OS.HI/c1-16-25-26-20(27(16)2)15-24-21(22-13-17-7-6-12-30-17)23-14-18(19-8-5-11-29-19)28-9-3-4-10-28;/h5-8,11-12,18H,3-4,9-10,13-15H2,1-2H3,(H2,22,23,24);1H. The molecule has 31 heavy (non-hydrogen) atoms. The monoisotopic (exact) mass is 555 g/mol. The molecule has 4 rings (SSSR count). The van der Waals surface area contributed by atoms with Gasteiger partial charge in [-0.2, -0.15) is 0 Å². The first-order valence-electron chi connectivity index (χ1n) is 10.4. The predicted molar refractivity (Wildman–Crippen MR) is 134 cm³/mol. The fourth-order valence-corrected chi connectivity index (χ4v) is 4.28. The fourth-order valence-electron chi connectivity index (χ4n) is 3.63. The number of nitrogens with zero attached hydrogens (tertiary/aromatic N) is 5. The van der Waals surface area contributed by atoms with Crippen LogP contribution in [0.5, 0.6) is 0 Å². The normalized spacial score (nSPS) is 15.6. The minimum absolute atomic E-state index is 0. The Morgan fingerprint density at radius 1 is 1.23 bits per heavy atom. The maximum atomic E-state index is 5.75. The first-order chi connectivity index (χ1) is 14.7. The highest BCUT2D eigenvalue weighted by Crippen LogP contribution is 2.24. The molecule has 0 amide bonds. The van der Waals surface area contributed by atoms with Crippen LogP contribution in [0.15, 0.2) is 45.3 Å². The molecule has 10 heteroatoms. The second kappa shape index (κ2) is 11.6. The van der Waals surface area contributed by atoms with Crippen LogP contribution < -0.4 is 10.6 Å². The molecule has 1 atom stereocenters. The average molecular weight is 555 g/mol. The lowest BCUT2D eigenvalue weighted by atomic mass is 10.2. The van der Waals surface area contributed by atoms with E-state index in [1.54, 1.807) is 17.6 Å². The van der Waals surface area contributed by atoms with Crippen LogP contribution in [0, 0.1) is 6.92 Å². The molecule has 168 valence electrons. The van der Waals surface area contributed by atoms with E-state index in [4.69, 9.17) is 9.41 Å². The second-order valence-corrected chi connectivity index (χ2v) is 8.51. The molecule has 1 saturated heterocycles. The number of rotatable bonds is 8. The minimum Gasteiger partial charge on any atom is -0.468 e. The summed E-state index contributed by atoms with van der Waals surface area (Å²) in [5, 5.41) is 17.4. The Morgan fingerprint density at radius 2 is 2.06 bits per heavy atom. The van der Waals surface area contributed by atoms with Crippen molar-refractivity contribution in [1.82, 2.24) is 30.3 Å². The highest BCUT2D eigenvalue weighted by Gasteiger charge is 2.25. The van der Waals surface area contributed by atoms with Gasteiger partial charge in [0.15, 0.2) is 11.8 Å². The van der Waals surface area contributed by atoms with E-state index in [1.807, 2.05) is 24.6 Å². The van der Waals surface area contributed by atoms with Crippen LogP contribution in [0.2, 0.25) is 0 Å². The van der Waals surface area contributed by atoms with Crippen molar-refractivity contribution >= 4 is 41.3 Å². The molecule has 8 nitrogen and oxygen atoms in total. The summed E-state index contributed by atoms with van der Waals surface area (Å²) in [6.07, 6.45) is 4.22. The van der Waals surface area contributed by atoms with E-state index in [0.29, 0.717) is 6.54 Å². The summed E-state index contributed by atoms with van der Waals surface area (Å²) in [6.45, 7) is 6.06. The summed E-state index contributed by atoms with van der Waals surface area (Å²) in [5.74, 6) is 3.48. The number of nitrogens with one attached hydrogen (secondary N) is 2. The number of hydrogen-bond donors (Lipinski definition) is 2. The Kier molecular flexibility index (Phi) is 8.90. The van der Waals surface area contributed by atoms with Gasteiger partial charge in [0, 0.05) is 18.5 Å². The summed E-state index contributed by atoms with van der Waals surface area (Å²) >= 11 is 1.73. The van der Waals surface area contributed by atoms with E-state index in [1.165, 1.54) is 17.7 Å². The quantitative estimate of drug-likeness (QED) is 0.252. The molecule has 0 bridgehead atoms. The van der Waals surface area contributed by atoms with Crippen molar-refractivity contribution in [2.45, 2.75) is 38.9 Å². The molecule has 1 aliphatic rings. The third-order valence-corrected chi connectivity index (χ3v) is 6.36. The van der Waals surface area contributed by atoms with Gasteiger partial charge in [0.05, 0.1) is 18.8 Å². The van der Waals surface area contributed by atoms with Crippen LogP contribution in [0.25, 0.3) is 0 Å². The summed E-state index contributed by atoms with van der Waals surface area (Å²) in [5.41, 5.74) is 0. The zero-order chi connectivity index (χ0) is 20.8. The Labute approximate surface area is 204 Å². The van der Waals surface area contributed by atoms with E-state index in [9.17, 15) is 0 Å². The molecule has 0 aromatic carbocycles. The Bertz CT molecular complexity index is 933. The van der Waals surface area contributed by atoms with Gasteiger partial charge in [0.25, 0.3) is 0 Å². The fraction of sp³-hybridized carbons (Fsp3) is 0.476. The number of furan rings is 1. The molecule has 1 aliphatic heterocycles. The summed E-state index contributed by atoms with van der Waals surface area (Å²) in [7, 11) is 1.96. The maximum Gasteiger partial charge on any atom is 0.192 e. The molecular formula is C21H30IN7OS. The average Bonchev–Trinajstić information content (AvgIpc) is 3.55. The lowest BCUT2D eigenvalue weighted by Gasteiger charge is -2.26. The topological polar surface area (TPSA) is 83.5 Å². The first-order valence-corrected chi connectivity index (χ1v) is 11.3. The van der Waals surface area contributed by atoms with Crippen LogP contribution in [-0.4, -0.2) is 45.3 Å². The summed E-state index contributed by atoms with van der Waals surface area (Å²) in [4.78, 5) is 8.52. The van der Waals surface area contributed by atoms with Gasteiger partial charge in [-0.25, -0.2) is 4.99 Å². The highest BCUT2D eigenvalue weighted by atomic mass is 127. The molecule has 0 spiro atoms. The SMILES string of the molecule is Cc1nnc(CN=C(NCc2cccs2)NCC(c2ccco2)N2CCCC2)n1C.I. The Hall–Kier alpha value is -1.92. The molecule has 3 aromatic rings. The number of halogens is 1. The molecular weight excluding hydrogens is 525 g/mol. The number of aliphatic imine (C=N–C) groups is 1. The van der Waals surface area contributed by atoms with Crippen molar-refractivity contribution in [2.24, 2.45) is 12.0 Å². The smallest absolute Gasteiger partial charge is 0.192 e. The van der Waals surface area contributed by atoms with Gasteiger partial charge in [-0.3, -0.25) is 4.90 Å². The van der Waals surface area contributed by atoms with Gasteiger partial charge in [-0.15, -0.1) is 45.5 Å². The van der Waals surface area contributed by atoms with E-state index in [2.05, 4.69) is 49.3 Å². The van der Waals surface area contributed by atoms with Crippen LogP contribution in [-0.2, 0) is 20.1 Å². The van der Waals surface area contributed by atoms with E-state index < -0.39 is 0 Å². The number of guanidine groups is 1. The van der Waals surface area contributed by atoms with Crippen LogP contribution in [0.1, 0.15) is 41.2 Å². The van der Waals surface area contributed by atoms with Crippen molar-refractivity contribution < 1.29 is 4.42 Å². The zero-order valence-corrected chi connectivity index (χ0v) is 21.1. The van der Waals surface area contributed by atoms with Crippen LogP contribution >= 0.6 is 35.3 Å². The number of thiophene rings is 1. The van der Waals surface area contributed by atoms with Crippen molar-refractivity contribution in [3.63, 3.8) is 0 Å². The lowest BCUT2D eigenvalue weighted by Crippen LogP contribution is -2.42. The summed E-state index contributed by atoms with van der Waals surface area (Å²) < 4.78 is 7.71. The third kappa shape index (κ3) is 6.30. The first kappa shape index (κ1) is 23.7. The second-order valence-electron chi connectivity index (χ2n) is 7.48. The highest BCUT2D eigenvalue weighted by molar-refractivity contribution is 14.0. The molecule has 3 aromatic heterocycles. The van der Waals surface area contributed by atoms with Crippen molar-refractivity contribution in [1.29, 1.82) is 0 Å². The molecule has 1 fully saturated rings. The predicted octanol–water partition coefficient (Wildman–Crippen LogP) is 3.47. The van der Waals surface area contributed by atoms with Crippen molar-refractivity contribution in [3.8, 4) is 0 Å². The third-order valence-electron chi connectivity index (χ3n) is 5.49.